The third-order valence-corrected chi connectivity index (χ3v) is 5.60. The summed E-state index contributed by atoms with van der Waals surface area (Å²) in [5.41, 5.74) is 8.24. The summed E-state index contributed by atoms with van der Waals surface area (Å²) in [5.74, 6) is 0.134. The number of carbonyl (C=O) groups is 1. The van der Waals surface area contributed by atoms with Gasteiger partial charge >= 0.3 is 0 Å². The number of nitrogens with one attached hydrogen (secondary N) is 3. The first kappa shape index (κ1) is 22.4. The van der Waals surface area contributed by atoms with Gasteiger partial charge in [-0.05, 0) is 48.2 Å². The van der Waals surface area contributed by atoms with Gasteiger partial charge in [-0.1, -0.05) is 42.5 Å². The van der Waals surface area contributed by atoms with Crippen LogP contribution < -0.4 is 16.2 Å². The average Bonchev–Trinajstić information content (AvgIpc) is 3.31. The van der Waals surface area contributed by atoms with Crippen LogP contribution in [-0.4, -0.2) is 25.8 Å². The van der Waals surface area contributed by atoms with Gasteiger partial charge in [-0.25, -0.2) is 4.98 Å². The van der Waals surface area contributed by atoms with Crippen molar-refractivity contribution >= 4 is 33.9 Å². The van der Waals surface area contributed by atoms with Crippen molar-refractivity contribution < 1.29 is 9.90 Å². The molecule has 176 valence electrons. The van der Waals surface area contributed by atoms with Crippen molar-refractivity contribution in [2.24, 2.45) is 0 Å². The van der Waals surface area contributed by atoms with Gasteiger partial charge in [0, 0.05) is 17.3 Å². The first-order chi connectivity index (χ1) is 17.5. The average molecular weight is 476 g/mol. The Hall–Kier alpha value is -5.36. The van der Waals surface area contributed by atoms with E-state index < -0.39 is 5.91 Å². The highest BCUT2D eigenvalue weighted by Crippen LogP contribution is 2.37. The largest absolute Gasteiger partial charge is 0.505 e. The summed E-state index contributed by atoms with van der Waals surface area (Å²) in [6.45, 7) is 1.93. The van der Waals surface area contributed by atoms with Crippen LogP contribution in [0.3, 0.4) is 0 Å². The number of aryl methyl sites for hydroxylation is 1. The first-order valence-electron chi connectivity index (χ1n) is 11.1. The number of hydrogen-bond acceptors (Lipinski definition) is 7. The van der Waals surface area contributed by atoms with E-state index in [1.165, 1.54) is 10.9 Å². The lowest BCUT2D eigenvalue weighted by Crippen LogP contribution is -2.17. The molecule has 0 atom stereocenters. The Balaban J connectivity index is 1.53. The van der Waals surface area contributed by atoms with Crippen LogP contribution in [0.4, 0.5) is 17.2 Å². The fourth-order valence-electron chi connectivity index (χ4n) is 3.88. The van der Waals surface area contributed by atoms with E-state index >= 15 is 0 Å². The minimum atomic E-state index is -0.455. The minimum absolute atomic E-state index is 0.0956. The summed E-state index contributed by atoms with van der Waals surface area (Å²) >= 11 is 0. The molecule has 0 aliphatic heterocycles. The van der Waals surface area contributed by atoms with Gasteiger partial charge in [-0.3, -0.25) is 15.6 Å². The van der Waals surface area contributed by atoms with Crippen LogP contribution in [-0.2, 0) is 0 Å². The van der Waals surface area contributed by atoms with Gasteiger partial charge in [0.25, 0.3) is 5.91 Å². The standard InChI is InChI=1S/C27H21N7O2/c1-17-7-6-9-20(13-17)31-27(36)22-14-18-8-2-3-10-21(18)24(25(22)35)32-33-26-19(15-28)16-30-34(26)23-11-4-5-12-29-23/h2-14,16,32-33,35H,1H3,(H,31,36). The molecule has 2 aromatic heterocycles. The predicted molar refractivity (Wildman–Crippen MR) is 138 cm³/mol. The molecule has 0 aliphatic rings. The van der Waals surface area contributed by atoms with E-state index in [-0.39, 0.29) is 22.6 Å². The summed E-state index contributed by atoms with van der Waals surface area (Å²) in [4.78, 5) is 17.4. The summed E-state index contributed by atoms with van der Waals surface area (Å²) in [5, 5.41) is 29.3. The monoisotopic (exact) mass is 475 g/mol. The zero-order chi connectivity index (χ0) is 25.1. The number of carbonyl (C=O) groups excluding carboxylic acids is 1. The number of rotatable bonds is 6. The second-order valence-corrected chi connectivity index (χ2v) is 8.06. The van der Waals surface area contributed by atoms with Crippen molar-refractivity contribution in [3.05, 3.63) is 102 Å². The van der Waals surface area contributed by atoms with E-state index in [2.05, 4.69) is 32.3 Å². The highest BCUT2D eigenvalue weighted by atomic mass is 16.3. The number of phenolic OH excluding ortho intramolecular Hbond substituents is 1. The van der Waals surface area contributed by atoms with Gasteiger partial charge in [0.05, 0.1) is 11.8 Å². The summed E-state index contributed by atoms with van der Waals surface area (Å²) < 4.78 is 1.47. The number of aromatic hydroxyl groups is 1. The van der Waals surface area contributed by atoms with Crippen molar-refractivity contribution in [3.8, 4) is 17.6 Å². The summed E-state index contributed by atoms with van der Waals surface area (Å²) in [6, 6.07) is 23.8. The van der Waals surface area contributed by atoms with E-state index in [1.54, 1.807) is 30.5 Å². The number of fused-ring (bicyclic) bond motifs is 1. The molecule has 5 rings (SSSR count). The Kier molecular flexibility index (Phi) is 5.91. The number of aromatic nitrogens is 3. The lowest BCUT2D eigenvalue weighted by Gasteiger charge is -2.17. The second-order valence-electron chi connectivity index (χ2n) is 8.06. The first-order valence-corrected chi connectivity index (χ1v) is 11.1. The third kappa shape index (κ3) is 4.26. The zero-order valence-electron chi connectivity index (χ0n) is 19.2. The van der Waals surface area contributed by atoms with Crippen molar-refractivity contribution in [2.75, 3.05) is 16.2 Å². The Morgan fingerprint density at radius 3 is 2.64 bits per heavy atom. The maximum absolute atomic E-state index is 13.1. The number of amides is 1. The highest BCUT2D eigenvalue weighted by Gasteiger charge is 2.20. The van der Waals surface area contributed by atoms with Crippen LogP contribution in [0, 0.1) is 18.3 Å². The smallest absolute Gasteiger partial charge is 0.259 e. The van der Waals surface area contributed by atoms with E-state index in [0.717, 1.165) is 10.9 Å². The number of nitrogens with zero attached hydrogens (tertiary/aromatic N) is 4. The number of hydrogen-bond donors (Lipinski definition) is 4. The molecule has 0 bridgehead atoms. The topological polar surface area (TPSA) is 128 Å². The molecular formula is C27H21N7O2. The molecule has 0 saturated heterocycles. The van der Waals surface area contributed by atoms with Gasteiger partial charge in [-0.15, -0.1) is 0 Å². The van der Waals surface area contributed by atoms with Crippen molar-refractivity contribution in [1.82, 2.24) is 14.8 Å². The summed E-state index contributed by atoms with van der Waals surface area (Å²) in [7, 11) is 0. The van der Waals surface area contributed by atoms with Gasteiger partial charge in [0.1, 0.15) is 17.3 Å². The highest BCUT2D eigenvalue weighted by molar-refractivity contribution is 6.12. The zero-order valence-corrected chi connectivity index (χ0v) is 19.2. The molecular weight excluding hydrogens is 454 g/mol. The van der Waals surface area contributed by atoms with Crippen molar-refractivity contribution in [2.45, 2.75) is 6.92 Å². The van der Waals surface area contributed by atoms with Crippen LogP contribution in [0.5, 0.6) is 5.75 Å². The van der Waals surface area contributed by atoms with Crippen LogP contribution in [0.25, 0.3) is 16.6 Å². The Bertz CT molecular complexity index is 1620. The maximum Gasteiger partial charge on any atom is 0.259 e. The number of nitriles is 1. The normalized spacial score (nSPS) is 10.6. The second kappa shape index (κ2) is 9.48. The molecule has 1 amide bonds. The molecule has 4 N–H and O–H groups in total. The molecule has 5 aromatic rings. The lowest BCUT2D eigenvalue weighted by molar-refractivity contribution is 0.102. The van der Waals surface area contributed by atoms with Crippen LogP contribution in [0.1, 0.15) is 21.5 Å². The molecule has 2 heterocycles. The Morgan fingerprint density at radius 1 is 1.03 bits per heavy atom. The predicted octanol–water partition coefficient (Wildman–Crippen LogP) is 5.00. The Labute approximate surface area is 206 Å². The fraction of sp³-hybridized carbons (Fsp3) is 0.0370. The van der Waals surface area contributed by atoms with E-state index in [0.29, 0.717) is 22.7 Å². The summed E-state index contributed by atoms with van der Waals surface area (Å²) in [6.07, 6.45) is 3.04. The third-order valence-electron chi connectivity index (χ3n) is 5.60. The molecule has 9 nitrogen and oxygen atoms in total. The van der Waals surface area contributed by atoms with Crippen LogP contribution >= 0.6 is 0 Å². The van der Waals surface area contributed by atoms with E-state index in [9.17, 15) is 15.2 Å². The molecule has 0 spiro atoms. The number of hydrazine groups is 1. The Morgan fingerprint density at radius 2 is 1.86 bits per heavy atom. The van der Waals surface area contributed by atoms with Crippen LogP contribution in [0.2, 0.25) is 0 Å². The number of benzene rings is 3. The van der Waals surface area contributed by atoms with Crippen molar-refractivity contribution in [3.63, 3.8) is 0 Å². The molecule has 0 aliphatic carbocycles. The van der Waals surface area contributed by atoms with Crippen molar-refractivity contribution in [1.29, 1.82) is 5.26 Å². The molecule has 0 radical (unpaired) electrons. The molecule has 0 fully saturated rings. The SMILES string of the molecule is Cc1cccc(NC(=O)c2cc3ccccc3c(NNc3c(C#N)cnn3-c3ccccn3)c2O)c1. The van der Waals surface area contributed by atoms with E-state index in [1.807, 2.05) is 55.5 Å². The molecule has 0 saturated carbocycles. The number of pyridine rings is 1. The van der Waals surface area contributed by atoms with Gasteiger partial charge in [0.15, 0.2) is 17.4 Å². The molecule has 3 aromatic carbocycles. The molecule has 36 heavy (non-hydrogen) atoms. The van der Waals surface area contributed by atoms with E-state index in [4.69, 9.17) is 0 Å². The maximum atomic E-state index is 13.1. The van der Waals surface area contributed by atoms with Gasteiger partial charge in [0.2, 0.25) is 0 Å². The molecule has 0 unspecified atom stereocenters. The van der Waals surface area contributed by atoms with Crippen LogP contribution in [0.15, 0.2) is 85.2 Å². The van der Waals surface area contributed by atoms with Gasteiger partial charge < -0.3 is 10.4 Å². The molecule has 9 heteroatoms. The lowest BCUT2D eigenvalue weighted by atomic mass is 10.0. The minimum Gasteiger partial charge on any atom is -0.505 e. The number of anilines is 3. The quantitative estimate of drug-likeness (QED) is 0.201. The fourth-order valence-corrected chi connectivity index (χ4v) is 3.88. The number of phenols is 1. The van der Waals surface area contributed by atoms with Gasteiger partial charge in [-0.2, -0.15) is 15.0 Å².